The van der Waals surface area contributed by atoms with Gasteiger partial charge in [-0.15, -0.1) is 0 Å². The first-order chi connectivity index (χ1) is 8.82. The van der Waals surface area contributed by atoms with E-state index in [2.05, 4.69) is 31.9 Å². The molecule has 0 spiro atoms. The van der Waals surface area contributed by atoms with Crippen LogP contribution >= 0.6 is 31.9 Å². The van der Waals surface area contributed by atoms with Gasteiger partial charge in [-0.3, -0.25) is 0 Å². The molecule has 0 aliphatic carbocycles. The van der Waals surface area contributed by atoms with Crippen molar-refractivity contribution in [1.82, 2.24) is 0 Å². The van der Waals surface area contributed by atoms with Crippen LogP contribution in [0.3, 0.4) is 0 Å². The van der Waals surface area contributed by atoms with Crippen LogP contribution in [0.2, 0.25) is 0 Å². The van der Waals surface area contributed by atoms with E-state index in [1.807, 2.05) is 0 Å². The van der Waals surface area contributed by atoms with Crippen LogP contribution in [0.5, 0.6) is 0 Å². The van der Waals surface area contributed by atoms with Crippen molar-refractivity contribution in [3.63, 3.8) is 0 Å². The van der Waals surface area contributed by atoms with Gasteiger partial charge in [0, 0.05) is 20.3 Å². The standard InChI is InChI=1S/C12H10Br2N2O2S/c13-9-3-1-7(5-11(9)15)19(17,18)8-2-4-10(14)12(16)6-8/h1-6H,15-16H2. The molecule has 100 valence electrons. The summed E-state index contributed by atoms with van der Waals surface area (Å²) in [6.45, 7) is 0. The molecule has 7 heteroatoms. The Bertz CT molecular complexity index is 688. The van der Waals surface area contributed by atoms with E-state index in [9.17, 15) is 8.42 Å². The van der Waals surface area contributed by atoms with Crippen LogP contribution in [0.1, 0.15) is 0 Å². The number of benzene rings is 2. The first-order valence-electron chi connectivity index (χ1n) is 5.17. The van der Waals surface area contributed by atoms with Gasteiger partial charge in [0.25, 0.3) is 0 Å². The van der Waals surface area contributed by atoms with Crippen molar-refractivity contribution in [2.45, 2.75) is 9.79 Å². The van der Waals surface area contributed by atoms with E-state index < -0.39 is 9.84 Å². The molecule has 0 saturated heterocycles. The fourth-order valence-corrected chi connectivity index (χ4v) is 3.34. The van der Waals surface area contributed by atoms with Crippen LogP contribution in [-0.2, 0) is 9.84 Å². The molecule has 0 aromatic heterocycles. The molecule has 19 heavy (non-hydrogen) atoms. The Morgan fingerprint density at radius 2 is 1.16 bits per heavy atom. The Hall–Kier alpha value is -1.05. The van der Waals surface area contributed by atoms with Gasteiger partial charge in [0.05, 0.1) is 9.79 Å². The van der Waals surface area contributed by atoms with E-state index in [0.29, 0.717) is 20.3 Å². The molecule has 2 aromatic rings. The Morgan fingerprint density at radius 1 is 0.789 bits per heavy atom. The fraction of sp³-hybridized carbons (Fsp3) is 0. The van der Waals surface area contributed by atoms with Crippen LogP contribution in [0.4, 0.5) is 11.4 Å². The highest BCUT2D eigenvalue weighted by atomic mass is 79.9. The monoisotopic (exact) mass is 404 g/mol. The summed E-state index contributed by atoms with van der Waals surface area (Å²) in [7, 11) is -3.62. The number of rotatable bonds is 2. The summed E-state index contributed by atoms with van der Waals surface area (Å²) in [5, 5.41) is 0. The lowest BCUT2D eigenvalue weighted by molar-refractivity contribution is 0.596. The van der Waals surface area contributed by atoms with Crippen LogP contribution in [0, 0.1) is 0 Å². The van der Waals surface area contributed by atoms with E-state index in [1.165, 1.54) is 24.3 Å². The summed E-state index contributed by atoms with van der Waals surface area (Å²) < 4.78 is 26.1. The maximum absolute atomic E-state index is 12.4. The number of nitrogen functional groups attached to an aromatic ring is 2. The molecular weight excluding hydrogens is 396 g/mol. The number of hydrogen-bond acceptors (Lipinski definition) is 4. The average Bonchev–Trinajstić information content (AvgIpc) is 2.35. The molecule has 0 aliphatic rings. The molecule has 0 amide bonds. The van der Waals surface area contributed by atoms with Crippen LogP contribution in [-0.4, -0.2) is 8.42 Å². The van der Waals surface area contributed by atoms with Crippen molar-refractivity contribution in [3.8, 4) is 0 Å². The summed E-state index contributed by atoms with van der Waals surface area (Å²) in [6, 6.07) is 9.02. The van der Waals surface area contributed by atoms with E-state index in [-0.39, 0.29) is 9.79 Å². The van der Waals surface area contributed by atoms with Gasteiger partial charge >= 0.3 is 0 Å². The number of hydrogen-bond donors (Lipinski definition) is 2. The highest BCUT2D eigenvalue weighted by Gasteiger charge is 2.19. The lowest BCUT2D eigenvalue weighted by Crippen LogP contribution is -2.04. The average molecular weight is 406 g/mol. The first-order valence-corrected chi connectivity index (χ1v) is 8.24. The number of nitrogens with two attached hydrogens (primary N) is 2. The summed E-state index contributed by atoms with van der Waals surface area (Å²) in [5.74, 6) is 0. The zero-order chi connectivity index (χ0) is 14.2. The second kappa shape index (κ2) is 5.15. The van der Waals surface area contributed by atoms with E-state index in [4.69, 9.17) is 11.5 Å². The third kappa shape index (κ3) is 2.77. The molecule has 0 radical (unpaired) electrons. The number of halogens is 2. The lowest BCUT2D eigenvalue weighted by Gasteiger charge is -2.08. The minimum atomic E-state index is -3.62. The number of sulfone groups is 1. The lowest BCUT2D eigenvalue weighted by atomic mass is 10.3. The third-order valence-electron chi connectivity index (χ3n) is 2.56. The molecule has 0 fully saturated rings. The zero-order valence-electron chi connectivity index (χ0n) is 9.60. The second-order valence-electron chi connectivity index (χ2n) is 3.87. The Balaban J connectivity index is 2.58. The van der Waals surface area contributed by atoms with Crippen molar-refractivity contribution >= 4 is 53.1 Å². The molecule has 0 heterocycles. The first kappa shape index (κ1) is 14.4. The normalized spacial score (nSPS) is 11.5. The van der Waals surface area contributed by atoms with Crippen molar-refractivity contribution < 1.29 is 8.42 Å². The molecule has 2 rings (SSSR count). The minimum absolute atomic E-state index is 0.134. The largest absolute Gasteiger partial charge is 0.398 e. The van der Waals surface area contributed by atoms with Gasteiger partial charge in [-0.2, -0.15) is 0 Å². The van der Waals surface area contributed by atoms with Gasteiger partial charge in [0.1, 0.15) is 0 Å². The van der Waals surface area contributed by atoms with Crippen LogP contribution in [0.15, 0.2) is 55.1 Å². The van der Waals surface area contributed by atoms with Crippen molar-refractivity contribution in [2.24, 2.45) is 0 Å². The quantitative estimate of drug-likeness (QED) is 0.751. The smallest absolute Gasteiger partial charge is 0.206 e. The topological polar surface area (TPSA) is 86.2 Å². The Kier molecular flexibility index (Phi) is 3.89. The van der Waals surface area contributed by atoms with Gasteiger partial charge in [0.2, 0.25) is 9.84 Å². The van der Waals surface area contributed by atoms with Crippen molar-refractivity contribution in [1.29, 1.82) is 0 Å². The van der Waals surface area contributed by atoms with Gasteiger partial charge in [-0.05, 0) is 68.3 Å². The molecular formula is C12H10Br2N2O2S. The van der Waals surface area contributed by atoms with E-state index in [1.54, 1.807) is 12.1 Å². The van der Waals surface area contributed by atoms with Crippen molar-refractivity contribution in [2.75, 3.05) is 11.5 Å². The maximum Gasteiger partial charge on any atom is 0.206 e. The SMILES string of the molecule is Nc1cc(S(=O)(=O)c2ccc(Br)c(N)c2)ccc1Br. The van der Waals surface area contributed by atoms with Gasteiger partial charge in [-0.25, -0.2) is 8.42 Å². The molecule has 0 atom stereocenters. The number of anilines is 2. The highest BCUT2D eigenvalue weighted by molar-refractivity contribution is 9.11. The summed E-state index contributed by atoms with van der Waals surface area (Å²) in [6.07, 6.45) is 0. The third-order valence-corrected chi connectivity index (χ3v) is 5.75. The zero-order valence-corrected chi connectivity index (χ0v) is 13.6. The van der Waals surface area contributed by atoms with Crippen molar-refractivity contribution in [3.05, 3.63) is 45.3 Å². The summed E-state index contributed by atoms with van der Waals surface area (Å²) in [5.41, 5.74) is 12.1. The maximum atomic E-state index is 12.4. The van der Waals surface area contributed by atoms with Crippen LogP contribution < -0.4 is 11.5 Å². The fourth-order valence-electron chi connectivity index (χ4n) is 1.51. The van der Waals surface area contributed by atoms with Gasteiger partial charge in [0.15, 0.2) is 0 Å². The molecule has 0 saturated carbocycles. The molecule has 0 bridgehead atoms. The minimum Gasteiger partial charge on any atom is -0.398 e. The molecule has 0 unspecified atom stereocenters. The Morgan fingerprint density at radius 3 is 1.47 bits per heavy atom. The Labute approximate surface area is 128 Å². The highest BCUT2D eigenvalue weighted by Crippen LogP contribution is 2.29. The summed E-state index contributed by atoms with van der Waals surface area (Å²) in [4.78, 5) is 0.268. The molecule has 2 aromatic carbocycles. The van der Waals surface area contributed by atoms with Gasteiger partial charge in [-0.1, -0.05) is 0 Å². The van der Waals surface area contributed by atoms with Crippen LogP contribution in [0.25, 0.3) is 0 Å². The predicted molar refractivity (Wildman–Crippen MR) is 82.6 cm³/mol. The van der Waals surface area contributed by atoms with E-state index in [0.717, 1.165) is 0 Å². The van der Waals surface area contributed by atoms with Gasteiger partial charge < -0.3 is 11.5 Å². The van der Waals surface area contributed by atoms with E-state index >= 15 is 0 Å². The predicted octanol–water partition coefficient (Wildman–Crippen LogP) is 3.21. The molecule has 0 aliphatic heterocycles. The molecule has 4 nitrogen and oxygen atoms in total. The molecule has 4 N–H and O–H groups in total. The second-order valence-corrected chi connectivity index (χ2v) is 7.53. The summed E-state index contributed by atoms with van der Waals surface area (Å²) >= 11 is 6.45.